The Morgan fingerprint density at radius 2 is 0.643 bits per heavy atom. The second kappa shape index (κ2) is 11.8. The Morgan fingerprint density at radius 3 is 0.786 bits per heavy atom. The van der Waals surface area contributed by atoms with Gasteiger partial charge in [-0.1, -0.05) is 0 Å². The second-order valence-electron chi connectivity index (χ2n) is 7.84. The summed E-state index contributed by atoms with van der Waals surface area (Å²) in [6, 6.07) is 0. The number of allylic oxidation sites excluding steroid dienone is 8. The topological polar surface area (TPSA) is 69.2 Å². The van der Waals surface area contributed by atoms with Gasteiger partial charge in [-0.2, -0.15) is 21.3 Å². The van der Waals surface area contributed by atoms with Crippen LogP contribution in [0.25, 0.3) is 0 Å². The smallest absolute Gasteiger partial charge is 0.153 e. The quantitative estimate of drug-likeness (QED) is 0.622. The largest absolute Gasteiger partial charge is 0.857 e. The number of hydrogen-bond donors (Lipinski definition) is 0. The molecule has 0 aromatic rings. The third-order valence-corrected chi connectivity index (χ3v) is 10.5. The van der Waals surface area contributed by atoms with Crippen molar-refractivity contribution in [1.82, 2.24) is 0 Å². The van der Waals surface area contributed by atoms with Crippen LogP contribution < -0.4 is 15.3 Å². The molecule has 0 aromatic heterocycles. The van der Waals surface area contributed by atoms with Crippen LogP contribution in [0.15, 0.2) is 44.6 Å². The van der Waals surface area contributed by atoms with E-state index < -0.39 is 0 Å². The van der Waals surface area contributed by atoms with Crippen LogP contribution in [0.5, 0.6) is 0 Å². The predicted molar refractivity (Wildman–Crippen MR) is 111 cm³/mol. The summed E-state index contributed by atoms with van der Waals surface area (Å²) < 4.78 is 0.645. The molecule has 0 radical (unpaired) electrons. The van der Waals surface area contributed by atoms with Gasteiger partial charge in [-0.05, 0) is 0 Å². The summed E-state index contributed by atoms with van der Waals surface area (Å²) in [6.45, 7) is 23.7. The van der Waals surface area contributed by atoms with Crippen LogP contribution in [0.4, 0.5) is 0 Å². The van der Waals surface area contributed by atoms with E-state index in [9.17, 15) is 0 Å². The van der Waals surface area contributed by atoms with Gasteiger partial charge >= 0.3 is 153 Å². The zero-order valence-corrected chi connectivity index (χ0v) is 22.8. The van der Waals surface area contributed by atoms with Crippen LogP contribution in [0.3, 0.4) is 0 Å². The molecule has 0 atom stereocenters. The van der Waals surface area contributed by atoms with Crippen molar-refractivity contribution in [3.63, 3.8) is 0 Å². The normalized spacial score (nSPS) is 20.0. The summed E-state index contributed by atoms with van der Waals surface area (Å²) in [5.41, 5.74) is 12.8. The fourth-order valence-electron chi connectivity index (χ4n) is 4.69. The molecule has 0 bridgehead atoms. The first-order valence-corrected chi connectivity index (χ1v) is 11.0. The maximum Gasteiger partial charge on any atom is -0.153 e. The molecule has 0 fully saturated rings. The van der Waals surface area contributed by atoms with E-state index in [0.29, 0.717) is 3.63 Å². The molecule has 28 heavy (non-hydrogen) atoms. The van der Waals surface area contributed by atoms with Crippen molar-refractivity contribution in [2.75, 3.05) is 21.3 Å². The Hall–Kier alpha value is -0.277. The molecule has 0 spiro atoms. The number of hydrogen-bond acceptors (Lipinski definition) is 3. The Morgan fingerprint density at radius 1 is 0.500 bits per heavy atom. The van der Waals surface area contributed by atoms with Crippen molar-refractivity contribution in [2.24, 2.45) is 10.8 Å². The third-order valence-electron chi connectivity index (χ3n) is 7.65. The molecule has 0 heterocycles. The van der Waals surface area contributed by atoms with Crippen LogP contribution in [0.1, 0.15) is 69.2 Å². The van der Waals surface area contributed by atoms with Crippen molar-refractivity contribution in [2.45, 2.75) is 72.9 Å². The van der Waals surface area contributed by atoms with Crippen molar-refractivity contribution in [3.05, 3.63) is 44.6 Å². The molecule has 0 saturated carbocycles. The molecule has 0 saturated heterocycles. The van der Waals surface area contributed by atoms with Gasteiger partial charge in [-0.15, -0.1) is 0 Å². The van der Waals surface area contributed by atoms with Crippen LogP contribution in [0, 0.1) is 10.8 Å². The van der Waals surface area contributed by atoms with Crippen LogP contribution in [-0.4, -0.2) is 21.3 Å². The van der Waals surface area contributed by atoms with E-state index in [-0.39, 0.29) is 10.8 Å². The standard InChI is InChI=1S/C21H31.3CH3O.Zr/c1-12-13(2)17(6)20(9,16(12)5)11-21(10)18(7)14(3)15(4)19(21)8;3*1-2;/h11H,1-10H3;3*1H3;/q;3*-1;+3. The van der Waals surface area contributed by atoms with Crippen LogP contribution >= 0.6 is 0 Å². The zero-order chi connectivity index (χ0) is 23.2. The monoisotopic (exact) mass is 466 g/mol. The van der Waals surface area contributed by atoms with Gasteiger partial charge in [0.1, 0.15) is 0 Å². The molecule has 0 amide bonds. The summed E-state index contributed by atoms with van der Waals surface area (Å²) in [6.07, 6.45) is 0. The zero-order valence-electron chi connectivity index (χ0n) is 20.3. The van der Waals surface area contributed by atoms with Gasteiger partial charge in [0, 0.05) is 0 Å². The second-order valence-corrected chi connectivity index (χ2v) is 9.26. The minimum atomic E-state index is 0.203. The van der Waals surface area contributed by atoms with E-state index in [2.05, 4.69) is 69.2 Å². The predicted octanol–water partition coefficient (Wildman–Crippen LogP) is 3.64. The first-order valence-electron chi connectivity index (χ1n) is 9.59. The molecule has 2 aliphatic carbocycles. The molecule has 4 heteroatoms. The summed E-state index contributed by atoms with van der Waals surface area (Å²) >= 11 is 1.65. The average Bonchev–Trinajstić information content (AvgIpc) is 2.99. The minimum Gasteiger partial charge on any atom is -0.857 e. The minimum absolute atomic E-state index is 0.203. The SMILES string of the molecule is CC1=C(C)C(C)([CH]([Zr+3])C2(C)C(C)=C(C)C(C)=C2C)C(C)=C1C.C[O-].C[O-].C[O-]. The molecule has 0 unspecified atom stereocenters. The fourth-order valence-corrected chi connectivity index (χ4v) is 6.82. The van der Waals surface area contributed by atoms with Crippen molar-refractivity contribution in [1.29, 1.82) is 0 Å². The van der Waals surface area contributed by atoms with Gasteiger partial charge in [-0.3, -0.25) is 0 Å². The molecule has 0 aliphatic heterocycles. The molecule has 2 aliphatic rings. The first kappa shape index (κ1) is 29.9. The Kier molecular flexibility index (Phi) is 12.6. The molecular weight excluding hydrogens is 427 g/mol. The van der Waals surface area contributed by atoms with Gasteiger partial charge in [0.05, 0.1) is 0 Å². The molecule has 0 N–H and O–H groups in total. The van der Waals surface area contributed by atoms with Gasteiger partial charge in [-0.25, -0.2) is 0 Å². The summed E-state index contributed by atoms with van der Waals surface area (Å²) in [5, 5.41) is 24.8. The van der Waals surface area contributed by atoms with Crippen molar-refractivity contribution >= 4 is 0 Å². The molecule has 2 rings (SSSR count). The molecule has 158 valence electrons. The van der Waals surface area contributed by atoms with Gasteiger partial charge in [0.25, 0.3) is 0 Å². The van der Waals surface area contributed by atoms with E-state index >= 15 is 0 Å². The average molecular weight is 468 g/mol. The number of rotatable bonds is 2. The Balaban J connectivity index is 0. The summed E-state index contributed by atoms with van der Waals surface area (Å²) in [5.74, 6) is 0. The maximum atomic E-state index is 8.25. The molecule has 0 aromatic carbocycles. The van der Waals surface area contributed by atoms with Gasteiger partial charge in [0.2, 0.25) is 0 Å². The van der Waals surface area contributed by atoms with Gasteiger partial charge < -0.3 is 15.3 Å². The third kappa shape index (κ3) is 4.41. The maximum absolute atomic E-state index is 8.25. The fraction of sp³-hybridized carbons (Fsp3) is 0.667. The first-order chi connectivity index (χ1) is 12.9. The van der Waals surface area contributed by atoms with Gasteiger partial charge in [0.15, 0.2) is 0 Å². The Labute approximate surface area is 189 Å². The Bertz CT molecular complexity index is 572. The van der Waals surface area contributed by atoms with E-state index in [1.807, 2.05) is 0 Å². The molecular formula is C24H40O3Zr. The summed E-state index contributed by atoms with van der Waals surface area (Å²) in [7, 11) is 2.25. The van der Waals surface area contributed by atoms with Crippen LogP contribution in [-0.2, 0) is 24.7 Å². The molecule has 3 nitrogen and oxygen atoms in total. The van der Waals surface area contributed by atoms with E-state index in [1.165, 1.54) is 22.3 Å². The van der Waals surface area contributed by atoms with E-state index in [0.717, 1.165) is 21.3 Å². The van der Waals surface area contributed by atoms with E-state index in [1.54, 1.807) is 47.0 Å². The van der Waals surface area contributed by atoms with Crippen LogP contribution in [0.2, 0.25) is 3.63 Å². The van der Waals surface area contributed by atoms with Crippen molar-refractivity contribution in [3.8, 4) is 0 Å². The summed E-state index contributed by atoms with van der Waals surface area (Å²) in [4.78, 5) is 0. The van der Waals surface area contributed by atoms with E-state index in [4.69, 9.17) is 15.3 Å². The van der Waals surface area contributed by atoms with Crippen molar-refractivity contribution < 1.29 is 40.0 Å².